The van der Waals surface area contributed by atoms with Gasteiger partial charge in [-0.3, -0.25) is 4.68 Å². The third-order valence-electron chi connectivity index (χ3n) is 2.58. The van der Waals surface area contributed by atoms with Crippen molar-refractivity contribution in [3.8, 4) is 0 Å². The third kappa shape index (κ3) is 3.24. The lowest BCUT2D eigenvalue weighted by Gasteiger charge is -2.08. The Bertz CT molecular complexity index is 505. The van der Waals surface area contributed by atoms with Crippen LogP contribution < -0.4 is 5.32 Å². The zero-order chi connectivity index (χ0) is 12.3. The summed E-state index contributed by atoms with van der Waals surface area (Å²) in [5.74, 6) is 0. The van der Waals surface area contributed by atoms with Gasteiger partial charge in [-0.15, -0.1) is 0 Å². The van der Waals surface area contributed by atoms with Gasteiger partial charge in [-0.2, -0.15) is 5.10 Å². The molecule has 0 aliphatic rings. The molecule has 3 nitrogen and oxygen atoms in total. The molecular formula is C13H16ClN3. The second kappa shape index (κ2) is 5.23. The molecule has 0 radical (unpaired) electrons. The molecule has 0 amide bonds. The summed E-state index contributed by atoms with van der Waals surface area (Å²) in [4.78, 5) is 0. The first-order valence-electron chi connectivity index (χ1n) is 5.65. The molecule has 1 N–H and O–H groups in total. The van der Waals surface area contributed by atoms with Gasteiger partial charge in [-0.05, 0) is 38.1 Å². The number of hydrogen-bond donors (Lipinski definition) is 1. The summed E-state index contributed by atoms with van der Waals surface area (Å²) in [7, 11) is 0. The molecule has 1 heterocycles. The summed E-state index contributed by atoms with van der Waals surface area (Å²) in [5, 5.41) is 8.49. The first-order valence-corrected chi connectivity index (χ1v) is 6.03. The molecule has 2 rings (SSSR count). The Hall–Kier alpha value is -1.48. The number of nitrogens with one attached hydrogen (secondary N) is 1. The number of anilines is 1. The largest absolute Gasteiger partial charge is 0.383 e. The van der Waals surface area contributed by atoms with Crippen molar-refractivity contribution in [3.63, 3.8) is 0 Å². The van der Waals surface area contributed by atoms with Crippen molar-refractivity contribution < 1.29 is 0 Å². The fraction of sp³-hybridized carbons (Fsp3) is 0.308. The van der Waals surface area contributed by atoms with E-state index in [9.17, 15) is 0 Å². The molecule has 0 aliphatic heterocycles. The van der Waals surface area contributed by atoms with E-state index in [2.05, 4.69) is 23.4 Å². The van der Waals surface area contributed by atoms with E-state index in [4.69, 9.17) is 11.6 Å². The molecular weight excluding hydrogens is 234 g/mol. The van der Waals surface area contributed by atoms with Gasteiger partial charge in [-0.1, -0.05) is 17.7 Å². The van der Waals surface area contributed by atoms with E-state index in [1.165, 1.54) is 5.69 Å². The van der Waals surface area contributed by atoms with Gasteiger partial charge < -0.3 is 5.32 Å². The van der Waals surface area contributed by atoms with Gasteiger partial charge in [0.15, 0.2) is 0 Å². The van der Waals surface area contributed by atoms with Crippen LogP contribution >= 0.6 is 11.6 Å². The van der Waals surface area contributed by atoms with E-state index in [0.717, 1.165) is 29.5 Å². The second-order valence-corrected chi connectivity index (χ2v) is 4.52. The maximum Gasteiger partial charge on any atom is 0.0596 e. The first kappa shape index (κ1) is 12.0. The lowest BCUT2D eigenvalue weighted by Crippen LogP contribution is -2.12. The molecule has 90 valence electrons. The van der Waals surface area contributed by atoms with E-state index in [1.54, 1.807) is 0 Å². The monoisotopic (exact) mass is 249 g/mol. The average molecular weight is 250 g/mol. The molecule has 0 unspecified atom stereocenters. The Balaban J connectivity index is 1.89. The summed E-state index contributed by atoms with van der Waals surface area (Å²) in [6.07, 6.45) is 0. The zero-order valence-corrected chi connectivity index (χ0v) is 10.8. The van der Waals surface area contributed by atoms with Crippen molar-refractivity contribution in [3.05, 3.63) is 46.7 Å². The van der Waals surface area contributed by atoms with Gasteiger partial charge in [0, 0.05) is 22.9 Å². The fourth-order valence-electron chi connectivity index (χ4n) is 1.81. The number of halogens is 1. The number of rotatable bonds is 4. The van der Waals surface area contributed by atoms with Crippen molar-refractivity contribution in [2.45, 2.75) is 20.4 Å². The SMILES string of the molecule is Cc1cc(C)n(CCNc2cccc(Cl)c2)n1. The highest BCUT2D eigenvalue weighted by atomic mass is 35.5. The smallest absolute Gasteiger partial charge is 0.0596 e. The molecule has 0 aliphatic carbocycles. The fourth-order valence-corrected chi connectivity index (χ4v) is 2.00. The van der Waals surface area contributed by atoms with Gasteiger partial charge in [0.1, 0.15) is 0 Å². The maximum atomic E-state index is 5.91. The van der Waals surface area contributed by atoms with Gasteiger partial charge in [0.25, 0.3) is 0 Å². The molecule has 17 heavy (non-hydrogen) atoms. The minimum atomic E-state index is 0.751. The molecule has 2 aromatic rings. The van der Waals surface area contributed by atoms with Gasteiger partial charge in [0.05, 0.1) is 12.2 Å². The highest BCUT2D eigenvalue weighted by molar-refractivity contribution is 6.30. The Morgan fingerprint density at radius 2 is 2.12 bits per heavy atom. The van der Waals surface area contributed by atoms with Crippen molar-refractivity contribution >= 4 is 17.3 Å². The van der Waals surface area contributed by atoms with Crippen LogP contribution in [0.4, 0.5) is 5.69 Å². The van der Waals surface area contributed by atoms with Gasteiger partial charge >= 0.3 is 0 Å². The van der Waals surface area contributed by atoms with Crippen LogP contribution in [0.5, 0.6) is 0 Å². The zero-order valence-electron chi connectivity index (χ0n) is 10.1. The van der Waals surface area contributed by atoms with Crippen molar-refractivity contribution in [1.82, 2.24) is 9.78 Å². The minimum absolute atomic E-state index is 0.751. The molecule has 0 atom stereocenters. The Kier molecular flexibility index (Phi) is 3.69. The highest BCUT2D eigenvalue weighted by Crippen LogP contribution is 2.14. The number of nitrogens with zero attached hydrogens (tertiary/aromatic N) is 2. The van der Waals surface area contributed by atoms with Crippen LogP contribution in [-0.2, 0) is 6.54 Å². The molecule has 1 aromatic heterocycles. The number of aromatic nitrogens is 2. The lowest BCUT2D eigenvalue weighted by molar-refractivity contribution is 0.615. The van der Waals surface area contributed by atoms with Crippen LogP contribution in [0.2, 0.25) is 5.02 Å². The summed E-state index contributed by atoms with van der Waals surface area (Å²) in [5.41, 5.74) is 3.29. The van der Waals surface area contributed by atoms with Crippen LogP contribution in [0.25, 0.3) is 0 Å². The summed E-state index contributed by atoms with van der Waals surface area (Å²) >= 11 is 5.91. The Labute approximate surface area is 106 Å². The van der Waals surface area contributed by atoms with Gasteiger partial charge in [0.2, 0.25) is 0 Å². The second-order valence-electron chi connectivity index (χ2n) is 4.09. The van der Waals surface area contributed by atoms with Gasteiger partial charge in [-0.25, -0.2) is 0 Å². The maximum absolute atomic E-state index is 5.91. The first-order chi connectivity index (χ1) is 8.15. The van der Waals surface area contributed by atoms with E-state index in [1.807, 2.05) is 35.9 Å². The number of aryl methyl sites for hydroxylation is 2. The van der Waals surface area contributed by atoms with Crippen LogP contribution in [0.15, 0.2) is 30.3 Å². The summed E-state index contributed by atoms with van der Waals surface area (Å²) in [6, 6.07) is 9.82. The van der Waals surface area contributed by atoms with Crippen LogP contribution in [0.1, 0.15) is 11.4 Å². The van der Waals surface area contributed by atoms with Crippen LogP contribution in [0, 0.1) is 13.8 Å². The molecule has 0 bridgehead atoms. The van der Waals surface area contributed by atoms with E-state index in [0.29, 0.717) is 0 Å². The summed E-state index contributed by atoms with van der Waals surface area (Å²) in [6.45, 7) is 5.77. The lowest BCUT2D eigenvalue weighted by atomic mass is 10.3. The van der Waals surface area contributed by atoms with Crippen molar-refractivity contribution in [2.24, 2.45) is 0 Å². The standard InChI is InChI=1S/C13H16ClN3/c1-10-8-11(2)17(16-10)7-6-15-13-5-3-4-12(14)9-13/h3-5,8-9,15H,6-7H2,1-2H3. The quantitative estimate of drug-likeness (QED) is 0.901. The molecule has 0 fully saturated rings. The number of hydrogen-bond acceptors (Lipinski definition) is 2. The predicted molar refractivity (Wildman–Crippen MR) is 71.6 cm³/mol. The average Bonchev–Trinajstić information content (AvgIpc) is 2.58. The number of benzene rings is 1. The van der Waals surface area contributed by atoms with E-state index in [-0.39, 0.29) is 0 Å². The third-order valence-corrected chi connectivity index (χ3v) is 2.82. The van der Waals surface area contributed by atoms with Crippen molar-refractivity contribution in [2.75, 3.05) is 11.9 Å². The highest BCUT2D eigenvalue weighted by Gasteiger charge is 2.00. The van der Waals surface area contributed by atoms with E-state index < -0.39 is 0 Å². The summed E-state index contributed by atoms with van der Waals surface area (Å²) < 4.78 is 2.01. The van der Waals surface area contributed by atoms with Crippen LogP contribution in [0.3, 0.4) is 0 Å². The van der Waals surface area contributed by atoms with Crippen LogP contribution in [-0.4, -0.2) is 16.3 Å². The molecule has 4 heteroatoms. The Morgan fingerprint density at radius 3 is 2.76 bits per heavy atom. The molecule has 0 saturated carbocycles. The van der Waals surface area contributed by atoms with E-state index >= 15 is 0 Å². The molecule has 1 aromatic carbocycles. The topological polar surface area (TPSA) is 29.9 Å². The van der Waals surface area contributed by atoms with Crippen molar-refractivity contribution in [1.29, 1.82) is 0 Å². The predicted octanol–water partition coefficient (Wildman–Crippen LogP) is 3.27. The Morgan fingerprint density at radius 1 is 1.29 bits per heavy atom. The minimum Gasteiger partial charge on any atom is -0.383 e. The molecule has 0 spiro atoms. The normalized spacial score (nSPS) is 10.5. The molecule has 0 saturated heterocycles.